The van der Waals surface area contributed by atoms with Crippen molar-refractivity contribution in [2.45, 2.75) is 109 Å². The lowest BCUT2D eigenvalue weighted by atomic mass is 9.97. The molecule has 1 N–H and O–H groups in total. The van der Waals surface area contributed by atoms with E-state index in [1.165, 1.54) is 0 Å². The summed E-state index contributed by atoms with van der Waals surface area (Å²) in [6, 6.07) is 17.9. The Morgan fingerprint density at radius 2 is 1.41 bits per heavy atom. The standard InChI is InChI=1S/C35H46O11/c1-34(2,3)45-30(37)24(31(38)46-35(4,5)6)19-13-14-20-40-28-27(43-29(36)22-15-9-7-10-16-22)26-25(42-32(28)39)21-41-33(44-26)23-17-11-8-12-18-23/h7-12,15-18,24-28,32-33,39H,13-14,19-21H2,1-6H3/t25-,26+,27+,28-,32-,33?/m1/s1. The maximum atomic E-state index is 13.2. The summed E-state index contributed by atoms with van der Waals surface area (Å²) in [6.07, 6.45) is -4.82. The van der Waals surface area contributed by atoms with E-state index in [0.29, 0.717) is 18.4 Å². The monoisotopic (exact) mass is 642 g/mol. The molecule has 2 heterocycles. The molecule has 2 fully saturated rings. The number of rotatable bonds is 11. The molecular weight excluding hydrogens is 596 g/mol. The van der Waals surface area contributed by atoms with Gasteiger partial charge in [0.05, 0.1) is 12.2 Å². The zero-order chi connectivity index (χ0) is 33.5. The van der Waals surface area contributed by atoms with Gasteiger partial charge in [0.1, 0.15) is 29.5 Å². The van der Waals surface area contributed by atoms with Crippen molar-refractivity contribution in [1.82, 2.24) is 0 Å². The van der Waals surface area contributed by atoms with E-state index in [2.05, 4.69) is 0 Å². The second-order valence-electron chi connectivity index (χ2n) is 13.4. The predicted octanol–water partition coefficient (Wildman–Crippen LogP) is 4.90. The number of esters is 3. The minimum absolute atomic E-state index is 0.101. The molecule has 2 aromatic carbocycles. The van der Waals surface area contributed by atoms with E-state index < -0.39 is 72.0 Å². The highest BCUT2D eigenvalue weighted by molar-refractivity contribution is 5.95. The number of hydrogen-bond donors (Lipinski definition) is 1. The van der Waals surface area contributed by atoms with Crippen LogP contribution in [0.1, 0.15) is 83.0 Å². The normalized spacial score (nSPS) is 25.0. The van der Waals surface area contributed by atoms with Gasteiger partial charge < -0.3 is 38.3 Å². The fourth-order valence-corrected chi connectivity index (χ4v) is 5.17. The smallest absolute Gasteiger partial charge is 0.338 e. The van der Waals surface area contributed by atoms with Crippen LogP contribution < -0.4 is 0 Å². The van der Waals surface area contributed by atoms with E-state index in [9.17, 15) is 19.5 Å². The number of carbonyl (C=O) groups is 3. The van der Waals surface area contributed by atoms with Crippen molar-refractivity contribution in [3.05, 3.63) is 71.8 Å². The van der Waals surface area contributed by atoms with Crippen LogP contribution in [0.3, 0.4) is 0 Å². The molecule has 6 atom stereocenters. The first-order valence-electron chi connectivity index (χ1n) is 15.7. The molecule has 2 saturated heterocycles. The molecule has 2 aromatic rings. The lowest BCUT2D eigenvalue weighted by Crippen LogP contribution is -2.63. The van der Waals surface area contributed by atoms with Crippen molar-refractivity contribution in [3.8, 4) is 0 Å². The molecule has 11 heteroatoms. The number of carbonyl (C=O) groups excluding carboxylic acids is 3. The molecule has 4 rings (SSSR count). The third-order valence-electron chi connectivity index (χ3n) is 7.21. The number of benzene rings is 2. The summed E-state index contributed by atoms with van der Waals surface area (Å²) in [4.78, 5) is 39.0. The summed E-state index contributed by atoms with van der Waals surface area (Å²) in [5.41, 5.74) is -0.427. The molecule has 0 aliphatic carbocycles. The van der Waals surface area contributed by atoms with Crippen LogP contribution in [0, 0.1) is 5.92 Å². The van der Waals surface area contributed by atoms with E-state index in [4.69, 9.17) is 33.2 Å². The molecule has 1 unspecified atom stereocenters. The average molecular weight is 643 g/mol. The Morgan fingerprint density at radius 1 is 0.826 bits per heavy atom. The Bertz CT molecular complexity index is 1260. The van der Waals surface area contributed by atoms with Crippen LogP contribution in [0.25, 0.3) is 0 Å². The molecule has 0 bridgehead atoms. The lowest BCUT2D eigenvalue weighted by Gasteiger charge is -2.47. The van der Waals surface area contributed by atoms with E-state index in [-0.39, 0.29) is 19.6 Å². The van der Waals surface area contributed by atoms with Gasteiger partial charge in [-0.3, -0.25) is 9.59 Å². The van der Waals surface area contributed by atoms with Crippen molar-refractivity contribution in [2.24, 2.45) is 5.92 Å². The number of hydrogen-bond acceptors (Lipinski definition) is 11. The molecule has 11 nitrogen and oxygen atoms in total. The number of ether oxygens (including phenoxy) is 7. The topological polar surface area (TPSA) is 136 Å². The molecule has 0 radical (unpaired) electrons. The van der Waals surface area contributed by atoms with Crippen molar-refractivity contribution < 1.29 is 52.6 Å². The van der Waals surface area contributed by atoms with E-state index in [1.807, 2.05) is 30.3 Å². The maximum absolute atomic E-state index is 13.2. The van der Waals surface area contributed by atoms with Gasteiger partial charge in [-0.1, -0.05) is 48.5 Å². The van der Waals surface area contributed by atoms with Crippen LogP contribution in [0.5, 0.6) is 0 Å². The Balaban J connectivity index is 1.44. The number of aliphatic hydroxyl groups excluding tert-OH is 1. The van der Waals surface area contributed by atoms with Crippen molar-refractivity contribution in [3.63, 3.8) is 0 Å². The molecule has 252 valence electrons. The minimum Gasteiger partial charge on any atom is -0.459 e. The van der Waals surface area contributed by atoms with Gasteiger partial charge in [-0.05, 0) is 72.9 Å². The van der Waals surface area contributed by atoms with Crippen molar-refractivity contribution >= 4 is 17.9 Å². The number of aliphatic hydroxyl groups is 1. The maximum Gasteiger partial charge on any atom is 0.338 e. The zero-order valence-corrected chi connectivity index (χ0v) is 27.4. The molecule has 0 aromatic heterocycles. The quantitative estimate of drug-likeness (QED) is 0.155. The largest absolute Gasteiger partial charge is 0.459 e. The van der Waals surface area contributed by atoms with Gasteiger partial charge in [0.25, 0.3) is 0 Å². The zero-order valence-electron chi connectivity index (χ0n) is 27.4. The van der Waals surface area contributed by atoms with Crippen LogP contribution in [-0.4, -0.2) is 78.1 Å². The lowest BCUT2D eigenvalue weighted by molar-refractivity contribution is -0.358. The summed E-state index contributed by atoms with van der Waals surface area (Å²) in [6.45, 7) is 10.6. The van der Waals surface area contributed by atoms with Crippen LogP contribution in [0.4, 0.5) is 0 Å². The van der Waals surface area contributed by atoms with Gasteiger partial charge in [-0.25, -0.2) is 4.79 Å². The molecule has 46 heavy (non-hydrogen) atoms. The van der Waals surface area contributed by atoms with Crippen LogP contribution in [-0.2, 0) is 42.7 Å². The summed E-state index contributed by atoms with van der Waals surface area (Å²) in [7, 11) is 0. The average Bonchev–Trinajstić information content (AvgIpc) is 2.98. The fourth-order valence-electron chi connectivity index (χ4n) is 5.17. The van der Waals surface area contributed by atoms with Gasteiger partial charge >= 0.3 is 17.9 Å². The molecule has 0 saturated carbocycles. The summed E-state index contributed by atoms with van der Waals surface area (Å²) in [5.74, 6) is -3.01. The molecule has 2 aliphatic rings. The van der Waals surface area contributed by atoms with Gasteiger partial charge in [-0.15, -0.1) is 0 Å². The van der Waals surface area contributed by atoms with Gasteiger partial charge in [0.2, 0.25) is 0 Å². The predicted molar refractivity (Wildman–Crippen MR) is 165 cm³/mol. The summed E-state index contributed by atoms with van der Waals surface area (Å²) in [5, 5.41) is 11.0. The Hall–Kier alpha value is -3.35. The summed E-state index contributed by atoms with van der Waals surface area (Å²) < 4.78 is 41.0. The van der Waals surface area contributed by atoms with Crippen LogP contribution >= 0.6 is 0 Å². The minimum atomic E-state index is -1.44. The van der Waals surface area contributed by atoms with Gasteiger partial charge in [0.15, 0.2) is 24.6 Å². The second-order valence-corrected chi connectivity index (χ2v) is 13.4. The highest BCUT2D eigenvalue weighted by Gasteiger charge is 2.52. The molecular formula is C35H46O11. The SMILES string of the molecule is CC(C)(C)OC(=O)C(CCCCO[C@@H]1[C@@H](OC(=O)c2ccccc2)[C@H]2OC(c3ccccc3)OC[C@H]2O[C@H]1O)C(=O)OC(C)(C)C. The number of fused-ring (bicyclic) bond motifs is 1. The van der Waals surface area contributed by atoms with Crippen molar-refractivity contribution in [2.75, 3.05) is 13.2 Å². The van der Waals surface area contributed by atoms with E-state index in [0.717, 1.165) is 5.56 Å². The van der Waals surface area contributed by atoms with Crippen LogP contribution in [0.15, 0.2) is 60.7 Å². The van der Waals surface area contributed by atoms with E-state index in [1.54, 1.807) is 71.9 Å². The fraction of sp³-hybridized carbons (Fsp3) is 0.571. The molecule has 0 spiro atoms. The first-order chi connectivity index (χ1) is 21.7. The molecule has 2 aliphatic heterocycles. The van der Waals surface area contributed by atoms with Crippen molar-refractivity contribution in [1.29, 1.82) is 0 Å². The highest BCUT2D eigenvalue weighted by atomic mass is 16.7. The van der Waals surface area contributed by atoms with E-state index >= 15 is 0 Å². The third-order valence-corrected chi connectivity index (χ3v) is 7.21. The first kappa shape index (κ1) is 35.5. The molecule has 0 amide bonds. The Kier molecular flexibility index (Phi) is 12.0. The Morgan fingerprint density at radius 3 is 2.00 bits per heavy atom. The third kappa shape index (κ3) is 10.1. The second kappa shape index (κ2) is 15.5. The van der Waals surface area contributed by atoms with Gasteiger partial charge in [0, 0.05) is 12.2 Å². The Labute approximate surface area is 270 Å². The summed E-state index contributed by atoms with van der Waals surface area (Å²) >= 11 is 0. The van der Waals surface area contributed by atoms with Crippen LogP contribution in [0.2, 0.25) is 0 Å². The highest BCUT2D eigenvalue weighted by Crippen LogP contribution is 2.36. The first-order valence-corrected chi connectivity index (χ1v) is 15.7. The number of unbranched alkanes of at least 4 members (excludes halogenated alkanes) is 1. The van der Waals surface area contributed by atoms with Gasteiger partial charge in [-0.2, -0.15) is 0 Å².